The Hall–Kier alpha value is -1.10. The number of carboxylic acids is 1. The summed E-state index contributed by atoms with van der Waals surface area (Å²) in [5.41, 5.74) is 0. The van der Waals surface area contributed by atoms with Crippen LogP contribution in [0.1, 0.15) is 26.2 Å². The number of unbranched alkanes of at least 4 members (excludes halogenated alkanes) is 1. The van der Waals surface area contributed by atoms with E-state index in [1.165, 1.54) is 0 Å². The normalized spacial score (nSPS) is 10.5. The quantitative estimate of drug-likeness (QED) is 0.665. The van der Waals surface area contributed by atoms with Crippen LogP contribution in [0.2, 0.25) is 0 Å². The predicted molar refractivity (Wildman–Crippen MR) is 62.3 cm³/mol. The van der Waals surface area contributed by atoms with Crippen molar-refractivity contribution in [2.24, 2.45) is 0 Å². The van der Waals surface area contributed by atoms with E-state index in [2.05, 4.69) is 6.92 Å². The highest BCUT2D eigenvalue weighted by molar-refractivity contribution is 5.78. The summed E-state index contributed by atoms with van der Waals surface area (Å²) < 4.78 is 0. The summed E-state index contributed by atoms with van der Waals surface area (Å²) in [5.74, 6) is -0.792. The van der Waals surface area contributed by atoms with Crippen LogP contribution in [0.5, 0.6) is 0 Å². The van der Waals surface area contributed by atoms with Gasteiger partial charge in [0.25, 0.3) is 0 Å². The number of carboxylic acid groups (broad SMARTS) is 1. The van der Waals surface area contributed by atoms with E-state index < -0.39 is 5.97 Å². The zero-order chi connectivity index (χ0) is 12.6. The van der Waals surface area contributed by atoms with Gasteiger partial charge in [0.2, 0.25) is 5.91 Å². The number of amides is 1. The molecule has 5 heteroatoms. The van der Waals surface area contributed by atoms with E-state index in [9.17, 15) is 9.59 Å². The lowest BCUT2D eigenvalue weighted by Gasteiger charge is -2.21. The zero-order valence-electron chi connectivity index (χ0n) is 10.4. The Morgan fingerprint density at radius 1 is 1.19 bits per heavy atom. The molecule has 1 amide bonds. The highest BCUT2D eigenvalue weighted by Gasteiger charge is 2.11. The first-order valence-corrected chi connectivity index (χ1v) is 5.61. The average molecular weight is 230 g/mol. The van der Waals surface area contributed by atoms with Gasteiger partial charge in [-0.1, -0.05) is 13.3 Å². The Kier molecular flexibility index (Phi) is 7.54. The van der Waals surface area contributed by atoms with Crippen LogP contribution in [0.3, 0.4) is 0 Å². The van der Waals surface area contributed by atoms with Crippen molar-refractivity contribution in [2.45, 2.75) is 26.2 Å². The Morgan fingerprint density at radius 2 is 1.81 bits per heavy atom. The second-order valence-corrected chi connectivity index (χ2v) is 4.05. The molecule has 0 aliphatic heterocycles. The van der Waals surface area contributed by atoms with Gasteiger partial charge in [-0.15, -0.1) is 0 Å². The van der Waals surface area contributed by atoms with E-state index >= 15 is 0 Å². The molecule has 0 aromatic rings. The molecule has 0 unspecified atom stereocenters. The summed E-state index contributed by atoms with van der Waals surface area (Å²) in [6.07, 6.45) is 2.13. The predicted octanol–water partition coefficient (Wildman–Crippen LogP) is 0.651. The van der Waals surface area contributed by atoms with E-state index in [4.69, 9.17) is 5.11 Å². The number of likely N-dealkylation sites (N-methyl/N-ethyl adjacent to an activating group) is 2. The van der Waals surface area contributed by atoms with Gasteiger partial charge >= 0.3 is 5.97 Å². The number of carbonyl (C=O) groups is 2. The fourth-order valence-electron chi connectivity index (χ4n) is 1.24. The van der Waals surface area contributed by atoms with Crippen molar-refractivity contribution in [1.29, 1.82) is 0 Å². The van der Waals surface area contributed by atoms with Crippen molar-refractivity contribution in [3.05, 3.63) is 0 Å². The third kappa shape index (κ3) is 7.23. The molecule has 0 aromatic heterocycles. The monoisotopic (exact) mass is 230 g/mol. The molecule has 0 saturated carbocycles. The molecule has 0 atom stereocenters. The highest BCUT2D eigenvalue weighted by Crippen LogP contribution is 1.95. The molecule has 0 saturated heterocycles. The van der Waals surface area contributed by atoms with Crippen LogP contribution < -0.4 is 0 Å². The van der Waals surface area contributed by atoms with Gasteiger partial charge in [-0.05, 0) is 13.5 Å². The maximum absolute atomic E-state index is 11.6. The minimum atomic E-state index is -0.835. The van der Waals surface area contributed by atoms with Crippen LogP contribution in [-0.4, -0.2) is 60.5 Å². The fourth-order valence-corrected chi connectivity index (χ4v) is 1.24. The third-order valence-corrected chi connectivity index (χ3v) is 2.39. The van der Waals surface area contributed by atoms with Crippen molar-refractivity contribution < 1.29 is 14.7 Å². The SMILES string of the molecule is CCCCN(C)C(=O)CN(C)CCC(=O)O. The van der Waals surface area contributed by atoms with E-state index in [0.717, 1.165) is 19.4 Å². The summed E-state index contributed by atoms with van der Waals surface area (Å²) in [6, 6.07) is 0. The smallest absolute Gasteiger partial charge is 0.304 e. The number of carbonyl (C=O) groups excluding carboxylic acids is 1. The summed E-state index contributed by atoms with van der Waals surface area (Å²) in [6.45, 7) is 3.54. The lowest BCUT2D eigenvalue weighted by atomic mass is 10.3. The molecule has 16 heavy (non-hydrogen) atoms. The summed E-state index contributed by atoms with van der Waals surface area (Å²) in [7, 11) is 3.54. The van der Waals surface area contributed by atoms with Gasteiger partial charge in [0.1, 0.15) is 0 Å². The van der Waals surface area contributed by atoms with Crippen LogP contribution in [-0.2, 0) is 9.59 Å². The molecule has 0 rings (SSSR count). The molecular formula is C11H22N2O3. The van der Waals surface area contributed by atoms with Gasteiger partial charge in [0, 0.05) is 20.1 Å². The summed E-state index contributed by atoms with van der Waals surface area (Å²) >= 11 is 0. The maximum atomic E-state index is 11.6. The number of aliphatic carboxylic acids is 1. The fraction of sp³-hybridized carbons (Fsp3) is 0.818. The molecule has 0 aliphatic carbocycles. The van der Waals surface area contributed by atoms with E-state index in [-0.39, 0.29) is 18.9 Å². The van der Waals surface area contributed by atoms with Gasteiger partial charge in [-0.25, -0.2) is 0 Å². The second kappa shape index (κ2) is 8.10. The third-order valence-electron chi connectivity index (χ3n) is 2.39. The molecule has 0 heterocycles. The average Bonchev–Trinajstić information content (AvgIpc) is 2.22. The molecule has 0 radical (unpaired) electrons. The molecule has 5 nitrogen and oxygen atoms in total. The van der Waals surface area contributed by atoms with Crippen molar-refractivity contribution in [2.75, 3.05) is 33.7 Å². The molecule has 94 valence electrons. The molecule has 0 fully saturated rings. The van der Waals surface area contributed by atoms with Gasteiger partial charge in [-0.3, -0.25) is 14.5 Å². The van der Waals surface area contributed by atoms with Crippen LogP contribution in [0, 0.1) is 0 Å². The van der Waals surface area contributed by atoms with Crippen molar-refractivity contribution in [3.63, 3.8) is 0 Å². The Morgan fingerprint density at radius 3 is 2.31 bits per heavy atom. The molecule has 0 aliphatic rings. The lowest BCUT2D eigenvalue weighted by molar-refractivity contribution is -0.138. The Balaban J connectivity index is 3.80. The van der Waals surface area contributed by atoms with Crippen LogP contribution >= 0.6 is 0 Å². The van der Waals surface area contributed by atoms with E-state index in [1.807, 2.05) is 0 Å². The van der Waals surface area contributed by atoms with Crippen LogP contribution in [0.15, 0.2) is 0 Å². The minimum Gasteiger partial charge on any atom is -0.481 e. The van der Waals surface area contributed by atoms with Crippen LogP contribution in [0.25, 0.3) is 0 Å². The first kappa shape index (κ1) is 14.9. The van der Waals surface area contributed by atoms with E-state index in [1.54, 1.807) is 23.9 Å². The number of nitrogens with zero attached hydrogens (tertiary/aromatic N) is 2. The standard InChI is InChI=1S/C11H22N2O3/c1-4-5-7-13(3)10(14)9-12(2)8-6-11(15)16/h4-9H2,1-3H3,(H,15,16). The molecular weight excluding hydrogens is 208 g/mol. The molecule has 0 aromatic carbocycles. The van der Waals surface area contributed by atoms with Crippen molar-refractivity contribution in [1.82, 2.24) is 9.80 Å². The number of hydrogen-bond acceptors (Lipinski definition) is 3. The summed E-state index contributed by atoms with van der Waals surface area (Å²) in [5, 5.41) is 8.50. The molecule has 0 spiro atoms. The maximum Gasteiger partial charge on any atom is 0.304 e. The summed E-state index contributed by atoms with van der Waals surface area (Å²) in [4.78, 5) is 25.4. The zero-order valence-corrected chi connectivity index (χ0v) is 10.4. The lowest BCUT2D eigenvalue weighted by Crippen LogP contribution is -2.37. The largest absolute Gasteiger partial charge is 0.481 e. The first-order chi connectivity index (χ1) is 7.47. The number of hydrogen-bond donors (Lipinski definition) is 1. The van der Waals surface area contributed by atoms with Gasteiger partial charge in [-0.2, -0.15) is 0 Å². The molecule has 1 N–H and O–H groups in total. The minimum absolute atomic E-state index is 0.0429. The van der Waals surface area contributed by atoms with E-state index in [0.29, 0.717) is 6.54 Å². The van der Waals surface area contributed by atoms with Crippen molar-refractivity contribution >= 4 is 11.9 Å². The Labute approximate surface area is 97.0 Å². The topological polar surface area (TPSA) is 60.9 Å². The van der Waals surface area contributed by atoms with Crippen molar-refractivity contribution in [3.8, 4) is 0 Å². The second-order valence-electron chi connectivity index (χ2n) is 4.05. The van der Waals surface area contributed by atoms with Gasteiger partial charge in [0.15, 0.2) is 0 Å². The van der Waals surface area contributed by atoms with Gasteiger partial charge < -0.3 is 10.0 Å². The first-order valence-electron chi connectivity index (χ1n) is 5.61. The molecule has 0 bridgehead atoms. The van der Waals surface area contributed by atoms with Gasteiger partial charge in [0.05, 0.1) is 13.0 Å². The number of rotatable bonds is 8. The van der Waals surface area contributed by atoms with Crippen LogP contribution in [0.4, 0.5) is 0 Å². The highest BCUT2D eigenvalue weighted by atomic mass is 16.4. The Bertz CT molecular complexity index is 231.